The van der Waals surface area contributed by atoms with Crippen molar-refractivity contribution in [3.05, 3.63) is 59.2 Å². The molecule has 24 heavy (non-hydrogen) atoms. The van der Waals surface area contributed by atoms with Crippen LogP contribution in [0.3, 0.4) is 0 Å². The molecule has 0 radical (unpaired) electrons. The van der Waals surface area contributed by atoms with Gasteiger partial charge in [0.1, 0.15) is 5.01 Å². The van der Waals surface area contributed by atoms with Gasteiger partial charge in [0.25, 0.3) is 0 Å². The largest absolute Gasteiger partial charge is 0.478 e. The molecule has 0 aliphatic carbocycles. The van der Waals surface area contributed by atoms with E-state index in [1.807, 2.05) is 43.3 Å². The number of ether oxygens (including phenoxy) is 1. The summed E-state index contributed by atoms with van der Waals surface area (Å²) in [6.45, 7) is 2.81. The first-order chi connectivity index (χ1) is 11.8. The van der Waals surface area contributed by atoms with Crippen molar-refractivity contribution in [1.29, 1.82) is 0 Å². The van der Waals surface area contributed by atoms with Gasteiger partial charge in [-0.2, -0.15) is 0 Å². The molecule has 0 aliphatic heterocycles. The van der Waals surface area contributed by atoms with Crippen molar-refractivity contribution in [2.45, 2.75) is 13.5 Å². The third-order valence-electron chi connectivity index (χ3n) is 3.27. The monoisotopic (exact) mass is 339 g/mol. The van der Waals surface area contributed by atoms with Crippen LogP contribution in [0.1, 0.15) is 17.5 Å². The standard InChI is InChI=1S/C18H17N3O2S/c1-2-23-18-13(6-5-11-19-18)12-20-16(22)9-10-17-21-14-7-3-4-8-15(14)24-17/h3-11H,2,12H2,1H3,(H,20,22)/b10-9+. The normalized spacial score (nSPS) is 11.0. The number of carbonyl (C=O) groups excluding carboxylic acids is 1. The number of nitrogens with one attached hydrogen (secondary N) is 1. The maximum Gasteiger partial charge on any atom is 0.244 e. The lowest BCUT2D eigenvalue weighted by molar-refractivity contribution is -0.116. The number of thiazole rings is 1. The van der Waals surface area contributed by atoms with Crippen LogP contribution in [-0.4, -0.2) is 22.5 Å². The molecule has 1 N–H and O–H groups in total. The van der Waals surface area contributed by atoms with Gasteiger partial charge in [0, 0.05) is 24.4 Å². The van der Waals surface area contributed by atoms with Crippen LogP contribution < -0.4 is 10.1 Å². The van der Waals surface area contributed by atoms with E-state index >= 15 is 0 Å². The summed E-state index contributed by atoms with van der Waals surface area (Å²) in [5, 5.41) is 3.64. The van der Waals surface area contributed by atoms with Gasteiger partial charge in [-0.15, -0.1) is 11.3 Å². The molecule has 0 aliphatic rings. The average molecular weight is 339 g/mol. The fourth-order valence-corrected chi connectivity index (χ4v) is 3.05. The highest BCUT2D eigenvalue weighted by atomic mass is 32.1. The number of hydrogen-bond donors (Lipinski definition) is 1. The molecular formula is C18H17N3O2S. The van der Waals surface area contributed by atoms with Gasteiger partial charge in [-0.3, -0.25) is 4.79 Å². The fourth-order valence-electron chi connectivity index (χ4n) is 2.17. The minimum atomic E-state index is -0.180. The van der Waals surface area contributed by atoms with Gasteiger partial charge >= 0.3 is 0 Å². The summed E-state index contributed by atoms with van der Waals surface area (Å²) in [4.78, 5) is 20.6. The maximum atomic E-state index is 12.0. The molecule has 6 heteroatoms. The maximum absolute atomic E-state index is 12.0. The lowest BCUT2D eigenvalue weighted by Gasteiger charge is -2.08. The highest BCUT2D eigenvalue weighted by molar-refractivity contribution is 7.19. The number of carbonyl (C=O) groups is 1. The Balaban J connectivity index is 1.61. The highest BCUT2D eigenvalue weighted by Crippen LogP contribution is 2.22. The summed E-state index contributed by atoms with van der Waals surface area (Å²) in [7, 11) is 0. The first-order valence-electron chi connectivity index (χ1n) is 7.64. The molecule has 1 amide bonds. The Morgan fingerprint density at radius 3 is 3.00 bits per heavy atom. The molecule has 1 aromatic carbocycles. The Bertz CT molecular complexity index is 840. The summed E-state index contributed by atoms with van der Waals surface area (Å²) >= 11 is 1.55. The molecule has 0 unspecified atom stereocenters. The van der Waals surface area contributed by atoms with E-state index in [1.54, 1.807) is 23.6 Å². The van der Waals surface area contributed by atoms with Gasteiger partial charge in [0.2, 0.25) is 11.8 Å². The first-order valence-corrected chi connectivity index (χ1v) is 8.46. The topological polar surface area (TPSA) is 64.1 Å². The number of pyridine rings is 1. The molecule has 0 saturated carbocycles. The number of hydrogen-bond acceptors (Lipinski definition) is 5. The van der Waals surface area contributed by atoms with Crippen LogP contribution in [0.25, 0.3) is 16.3 Å². The molecule has 0 fully saturated rings. The van der Waals surface area contributed by atoms with Gasteiger partial charge in [-0.1, -0.05) is 18.2 Å². The van der Waals surface area contributed by atoms with E-state index in [0.717, 1.165) is 20.8 Å². The van der Waals surface area contributed by atoms with Crippen LogP contribution in [0.2, 0.25) is 0 Å². The van der Waals surface area contributed by atoms with Crippen molar-refractivity contribution in [3.63, 3.8) is 0 Å². The zero-order valence-electron chi connectivity index (χ0n) is 13.2. The van der Waals surface area contributed by atoms with E-state index in [2.05, 4.69) is 15.3 Å². The van der Waals surface area contributed by atoms with Crippen LogP contribution in [0, 0.1) is 0 Å². The predicted molar refractivity (Wildman–Crippen MR) is 95.9 cm³/mol. The first kappa shape index (κ1) is 16.1. The van der Waals surface area contributed by atoms with Crippen molar-refractivity contribution in [1.82, 2.24) is 15.3 Å². The predicted octanol–water partition coefficient (Wildman–Crippen LogP) is 3.42. The summed E-state index contributed by atoms with van der Waals surface area (Å²) in [5.41, 5.74) is 1.79. The quantitative estimate of drug-likeness (QED) is 0.699. The van der Waals surface area contributed by atoms with E-state index in [4.69, 9.17) is 4.74 Å². The smallest absolute Gasteiger partial charge is 0.244 e. The number of aromatic nitrogens is 2. The lowest BCUT2D eigenvalue weighted by atomic mass is 10.2. The van der Waals surface area contributed by atoms with Crippen molar-refractivity contribution < 1.29 is 9.53 Å². The van der Waals surface area contributed by atoms with Crippen molar-refractivity contribution in [3.8, 4) is 5.88 Å². The Kier molecular flexibility index (Phi) is 5.18. The summed E-state index contributed by atoms with van der Waals surface area (Å²) in [5.74, 6) is 0.371. The van der Waals surface area contributed by atoms with E-state index in [0.29, 0.717) is 19.0 Å². The number of para-hydroxylation sites is 1. The Morgan fingerprint density at radius 2 is 2.17 bits per heavy atom. The molecule has 0 bridgehead atoms. The molecule has 0 saturated heterocycles. The second kappa shape index (κ2) is 7.70. The third-order valence-corrected chi connectivity index (χ3v) is 4.27. The van der Waals surface area contributed by atoms with Crippen LogP contribution in [0.15, 0.2) is 48.7 Å². The molecule has 0 spiro atoms. The Hall–Kier alpha value is -2.73. The molecule has 0 atom stereocenters. The van der Waals surface area contributed by atoms with Gasteiger partial charge in [0.05, 0.1) is 16.8 Å². The average Bonchev–Trinajstić information content (AvgIpc) is 3.02. The summed E-state index contributed by atoms with van der Waals surface area (Å²) in [6.07, 6.45) is 4.89. The Morgan fingerprint density at radius 1 is 1.29 bits per heavy atom. The van der Waals surface area contributed by atoms with Gasteiger partial charge in [-0.25, -0.2) is 9.97 Å². The van der Waals surface area contributed by atoms with Crippen molar-refractivity contribution >= 4 is 33.5 Å². The van der Waals surface area contributed by atoms with Gasteiger partial charge < -0.3 is 10.1 Å². The zero-order chi connectivity index (χ0) is 16.8. The SMILES string of the molecule is CCOc1ncccc1CNC(=O)/C=C/c1nc2ccccc2s1. The minimum Gasteiger partial charge on any atom is -0.478 e. The molecule has 3 aromatic rings. The molecular weight excluding hydrogens is 322 g/mol. The van der Waals surface area contributed by atoms with Crippen LogP contribution in [0.5, 0.6) is 5.88 Å². The molecule has 3 rings (SSSR count). The summed E-state index contributed by atoms with van der Waals surface area (Å²) in [6, 6.07) is 11.6. The molecule has 5 nitrogen and oxygen atoms in total. The van der Waals surface area contributed by atoms with Crippen molar-refractivity contribution in [2.75, 3.05) is 6.61 Å². The van der Waals surface area contributed by atoms with Crippen LogP contribution in [0.4, 0.5) is 0 Å². The lowest BCUT2D eigenvalue weighted by Crippen LogP contribution is -2.20. The van der Waals surface area contributed by atoms with E-state index < -0.39 is 0 Å². The number of fused-ring (bicyclic) bond motifs is 1. The Labute approximate surface area is 144 Å². The zero-order valence-corrected chi connectivity index (χ0v) is 14.0. The van der Waals surface area contributed by atoms with E-state index in [-0.39, 0.29) is 5.91 Å². The van der Waals surface area contributed by atoms with Gasteiger partial charge in [0.15, 0.2) is 0 Å². The van der Waals surface area contributed by atoms with Gasteiger partial charge in [-0.05, 0) is 31.2 Å². The highest BCUT2D eigenvalue weighted by Gasteiger charge is 2.05. The van der Waals surface area contributed by atoms with Crippen LogP contribution in [-0.2, 0) is 11.3 Å². The van der Waals surface area contributed by atoms with Crippen LogP contribution >= 0.6 is 11.3 Å². The number of nitrogens with zero attached hydrogens (tertiary/aromatic N) is 2. The van der Waals surface area contributed by atoms with Crippen molar-refractivity contribution in [2.24, 2.45) is 0 Å². The molecule has 2 aromatic heterocycles. The minimum absolute atomic E-state index is 0.180. The molecule has 122 valence electrons. The number of rotatable bonds is 6. The second-order valence-corrected chi connectivity index (χ2v) is 6.03. The third kappa shape index (κ3) is 3.97. The second-order valence-electron chi connectivity index (χ2n) is 4.97. The molecule has 2 heterocycles. The fraction of sp³-hybridized carbons (Fsp3) is 0.167. The number of benzene rings is 1. The van der Waals surface area contributed by atoms with E-state index in [1.165, 1.54) is 6.08 Å². The summed E-state index contributed by atoms with van der Waals surface area (Å²) < 4.78 is 6.55. The van der Waals surface area contributed by atoms with E-state index in [9.17, 15) is 4.79 Å². The number of amides is 1.